The van der Waals surface area contributed by atoms with Crippen LogP contribution in [0.4, 0.5) is 0 Å². The fourth-order valence-corrected chi connectivity index (χ4v) is 2.99. The highest BCUT2D eigenvalue weighted by Crippen LogP contribution is 2.29. The molecular weight excluding hydrogens is 254 g/mol. The van der Waals surface area contributed by atoms with E-state index in [9.17, 15) is 4.79 Å². The third-order valence-electron chi connectivity index (χ3n) is 4.11. The van der Waals surface area contributed by atoms with Crippen LogP contribution in [0.3, 0.4) is 0 Å². The lowest BCUT2D eigenvalue weighted by atomic mass is 9.93. The molecule has 3 atom stereocenters. The summed E-state index contributed by atoms with van der Waals surface area (Å²) in [5.41, 5.74) is 1.04. The molecule has 0 saturated carbocycles. The standard InChI is InChI=1S/C15H21N3O2/c1-18-10-12(9-16-18)14-13(7-8-20-14)17-15(19)11-5-3-2-4-6-11/h2-3,9-11,13-14H,4-8H2,1H3,(H,17,19)/t11?,13-,14+/m0/s1. The number of aromatic nitrogens is 2. The molecule has 2 aliphatic rings. The zero-order chi connectivity index (χ0) is 13.9. The third-order valence-corrected chi connectivity index (χ3v) is 4.11. The van der Waals surface area contributed by atoms with E-state index >= 15 is 0 Å². The van der Waals surface area contributed by atoms with Crippen molar-refractivity contribution in [3.8, 4) is 0 Å². The van der Waals surface area contributed by atoms with Gasteiger partial charge in [-0.2, -0.15) is 5.10 Å². The van der Waals surface area contributed by atoms with Crippen LogP contribution in [0.5, 0.6) is 0 Å². The molecule has 0 aromatic carbocycles. The second-order valence-electron chi connectivity index (χ2n) is 5.62. The van der Waals surface area contributed by atoms with Crippen LogP contribution in [0, 0.1) is 5.92 Å². The first-order chi connectivity index (χ1) is 9.74. The molecule has 1 aromatic rings. The van der Waals surface area contributed by atoms with Crippen LogP contribution in [0.1, 0.15) is 37.4 Å². The summed E-state index contributed by atoms with van der Waals surface area (Å²) < 4.78 is 7.54. The predicted octanol–water partition coefficient (Wildman–Crippen LogP) is 1.72. The summed E-state index contributed by atoms with van der Waals surface area (Å²) in [6.45, 7) is 0.690. The molecule has 1 N–H and O–H groups in total. The van der Waals surface area contributed by atoms with Gasteiger partial charge >= 0.3 is 0 Å². The van der Waals surface area contributed by atoms with Gasteiger partial charge in [0.15, 0.2) is 0 Å². The Bertz CT molecular complexity index is 509. The number of ether oxygens (including phenoxy) is 1. The van der Waals surface area contributed by atoms with Crippen LogP contribution in [0.2, 0.25) is 0 Å². The van der Waals surface area contributed by atoms with Crippen LogP contribution < -0.4 is 5.32 Å². The minimum atomic E-state index is -0.0632. The maximum Gasteiger partial charge on any atom is 0.223 e. The molecule has 108 valence electrons. The molecule has 1 aliphatic carbocycles. The van der Waals surface area contributed by atoms with E-state index in [0.29, 0.717) is 6.61 Å². The molecule has 1 saturated heterocycles. The van der Waals surface area contributed by atoms with Gasteiger partial charge in [-0.15, -0.1) is 0 Å². The monoisotopic (exact) mass is 275 g/mol. The number of carbonyl (C=O) groups excluding carboxylic acids is 1. The first-order valence-electron chi connectivity index (χ1n) is 7.29. The highest BCUT2D eigenvalue weighted by Gasteiger charge is 2.33. The summed E-state index contributed by atoms with van der Waals surface area (Å²) in [5.74, 6) is 0.286. The average molecular weight is 275 g/mol. The Kier molecular flexibility index (Phi) is 3.87. The van der Waals surface area contributed by atoms with Crippen molar-refractivity contribution < 1.29 is 9.53 Å². The van der Waals surface area contributed by atoms with Gasteiger partial charge in [-0.1, -0.05) is 12.2 Å². The van der Waals surface area contributed by atoms with Crippen LogP contribution >= 0.6 is 0 Å². The van der Waals surface area contributed by atoms with Gasteiger partial charge in [0.1, 0.15) is 6.10 Å². The highest BCUT2D eigenvalue weighted by molar-refractivity contribution is 5.79. The van der Waals surface area contributed by atoms with E-state index in [0.717, 1.165) is 31.2 Å². The highest BCUT2D eigenvalue weighted by atomic mass is 16.5. The summed E-state index contributed by atoms with van der Waals surface area (Å²) >= 11 is 0. The fourth-order valence-electron chi connectivity index (χ4n) is 2.99. The Morgan fingerprint density at radius 2 is 2.35 bits per heavy atom. The van der Waals surface area contributed by atoms with Crippen LogP contribution in [-0.2, 0) is 16.6 Å². The lowest BCUT2D eigenvalue weighted by Crippen LogP contribution is -2.40. The van der Waals surface area contributed by atoms with Crippen molar-refractivity contribution in [1.82, 2.24) is 15.1 Å². The molecule has 5 heteroatoms. The van der Waals surface area contributed by atoms with Gasteiger partial charge < -0.3 is 10.1 Å². The molecule has 1 fully saturated rings. The largest absolute Gasteiger partial charge is 0.371 e. The number of hydrogen-bond acceptors (Lipinski definition) is 3. The molecule has 20 heavy (non-hydrogen) atoms. The van der Waals surface area contributed by atoms with Gasteiger partial charge in [0.2, 0.25) is 5.91 Å². The van der Waals surface area contributed by atoms with E-state index in [-0.39, 0.29) is 24.0 Å². The fraction of sp³-hybridized carbons (Fsp3) is 0.600. The summed E-state index contributed by atoms with van der Waals surface area (Å²) in [5, 5.41) is 7.35. The summed E-state index contributed by atoms with van der Waals surface area (Å²) in [6, 6.07) is 0.0672. The van der Waals surface area contributed by atoms with Gasteiger partial charge in [-0.25, -0.2) is 0 Å². The summed E-state index contributed by atoms with van der Waals surface area (Å²) in [4.78, 5) is 12.3. The Hall–Kier alpha value is -1.62. The number of allylic oxidation sites excluding steroid dienone is 2. The molecular formula is C15H21N3O2. The molecule has 0 radical (unpaired) electrons. The minimum Gasteiger partial charge on any atom is -0.371 e. The van der Waals surface area contributed by atoms with E-state index in [4.69, 9.17) is 4.74 Å². The van der Waals surface area contributed by atoms with Gasteiger partial charge in [0.25, 0.3) is 0 Å². The summed E-state index contributed by atoms with van der Waals surface area (Å²) in [7, 11) is 1.89. The van der Waals surface area contributed by atoms with E-state index in [2.05, 4.69) is 22.6 Å². The molecule has 3 rings (SSSR count). The quantitative estimate of drug-likeness (QED) is 0.855. The average Bonchev–Trinajstić information content (AvgIpc) is 3.08. The SMILES string of the molecule is Cn1cc([C@H]2OCC[C@@H]2NC(=O)C2CC=CCC2)cn1. The lowest BCUT2D eigenvalue weighted by Gasteiger charge is -2.23. The lowest BCUT2D eigenvalue weighted by molar-refractivity contribution is -0.126. The van der Waals surface area contributed by atoms with E-state index in [1.54, 1.807) is 4.68 Å². The molecule has 1 aromatic heterocycles. The smallest absolute Gasteiger partial charge is 0.223 e. The van der Waals surface area contributed by atoms with Gasteiger partial charge in [0, 0.05) is 31.3 Å². The normalized spacial score (nSPS) is 29.6. The number of nitrogens with one attached hydrogen (secondary N) is 1. The first-order valence-corrected chi connectivity index (χ1v) is 7.29. The topological polar surface area (TPSA) is 56.1 Å². The number of amides is 1. The first kappa shape index (κ1) is 13.4. The number of carbonyl (C=O) groups is 1. The molecule has 5 nitrogen and oxygen atoms in total. The molecule has 0 spiro atoms. The van der Waals surface area contributed by atoms with Crippen molar-refractivity contribution in [2.24, 2.45) is 13.0 Å². The second-order valence-corrected chi connectivity index (χ2v) is 5.62. The maximum atomic E-state index is 12.3. The molecule has 0 bridgehead atoms. The van der Waals surface area contributed by atoms with Crippen molar-refractivity contribution in [3.63, 3.8) is 0 Å². The van der Waals surface area contributed by atoms with Crippen molar-refractivity contribution >= 4 is 5.91 Å². The van der Waals surface area contributed by atoms with Crippen molar-refractivity contribution in [1.29, 1.82) is 0 Å². The van der Waals surface area contributed by atoms with E-state index in [1.165, 1.54) is 0 Å². The van der Waals surface area contributed by atoms with Crippen molar-refractivity contribution in [2.45, 2.75) is 37.8 Å². The zero-order valence-corrected chi connectivity index (χ0v) is 11.8. The van der Waals surface area contributed by atoms with Crippen LogP contribution in [-0.4, -0.2) is 28.3 Å². The van der Waals surface area contributed by atoms with Gasteiger partial charge in [-0.05, 0) is 25.7 Å². The van der Waals surface area contributed by atoms with Crippen LogP contribution in [0.25, 0.3) is 0 Å². The number of nitrogens with zero attached hydrogens (tertiary/aromatic N) is 2. The molecule has 1 aliphatic heterocycles. The molecule has 1 unspecified atom stereocenters. The molecule has 1 amide bonds. The van der Waals surface area contributed by atoms with Gasteiger partial charge in [-0.3, -0.25) is 9.48 Å². The second kappa shape index (κ2) is 5.79. The molecule has 2 heterocycles. The Labute approximate surface area is 119 Å². The summed E-state index contributed by atoms with van der Waals surface area (Å²) in [6.07, 6.45) is 11.7. The van der Waals surface area contributed by atoms with Crippen molar-refractivity contribution in [2.75, 3.05) is 6.61 Å². The number of rotatable bonds is 3. The minimum absolute atomic E-state index is 0.0632. The zero-order valence-electron chi connectivity index (χ0n) is 11.8. The third kappa shape index (κ3) is 2.77. The number of aryl methyl sites for hydroxylation is 1. The Morgan fingerprint density at radius 3 is 3.05 bits per heavy atom. The number of hydrogen-bond donors (Lipinski definition) is 1. The Balaban J connectivity index is 1.64. The maximum absolute atomic E-state index is 12.3. The predicted molar refractivity (Wildman–Crippen MR) is 74.9 cm³/mol. The Morgan fingerprint density at radius 1 is 1.45 bits per heavy atom. The van der Waals surface area contributed by atoms with Crippen LogP contribution in [0.15, 0.2) is 24.5 Å². The van der Waals surface area contributed by atoms with Crippen molar-refractivity contribution in [3.05, 3.63) is 30.1 Å². The van der Waals surface area contributed by atoms with E-state index in [1.807, 2.05) is 19.4 Å². The van der Waals surface area contributed by atoms with E-state index < -0.39 is 0 Å². The van der Waals surface area contributed by atoms with Gasteiger partial charge in [0.05, 0.1) is 12.2 Å².